The molecule has 0 aromatic rings. The van der Waals surface area contributed by atoms with Crippen molar-refractivity contribution in [1.82, 2.24) is 0 Å². The molecule has 92 valence electrons. The Morgan fingerprint density at radius 2 is 1.62 bits per heavy atom. The normalized spacial score (nSPS) is 17.9. The molecule has 0 bridgehead atoms. The molecule has 0 spiro atoms. The molecule has 0 atom stereocenters. The molecule has 0 N–H and O–H groups in total. The minimum atomic E-state index is -5.18. The van der Waals surface area contributed by atoms with Crippen LogP contribution in [0.3, 0.4) is 0 Å². The van der Waals surface area contributed by atoms with E-state index in [2.05, 4.69) is 9.47 Å². The lowest BCUT2D eigenvalue weighted by Gasteiger charge is -2.20. The van der Waals surface area contributed by atoms with Gasteiger partial charge in [-0.05, 0) is 25.7 Å². The zero-order valence-corrected chi connectivity index (χ0v) is 8.38. The van der Waals surface area contributed by atoms with Gasteiger partial charge in [-0.25, -0.2) is 9.59 Å². The van der Waals surface area contributed by atoms with Gasteiger partial charge in [-0.15, -0.1) is 0 Å². The van der Waals surface area contributed by atoms with Gasteiger partial charge in [0.1, 0.15) is 6.10 Å². The summed E-state index contributed by atoms with van der Waals surface area (Å²) in [5.41, 5.74) is 0. The van der Waals surface area contributed by atoms with Crippen LogP contribution in [0, 0.1) is 0 Å². The standard InChI is InChI=1S/C9H11F3O4/c10-9(11,12)7(13)16-8(14)15-6-4-2-1-3-5-6/h6H,1-5H2. The minimum Gasteiger partial charge on any atom is -0.431 e. The van der Waals surface area contributed by atoms with E-state index in [0.29, 0.717) is 12.8 Å². The van der Waals surface area contributed by atoms with Gasteiger partial charge in [-0.2, -0.15) is 13.2 Å². The Morgan fingerprint density at radius 3 is 2.12 bits per heavy atom. The molecule has 0 saturated heterocycles. The van der Waals surface area contributed by atoms with Crippen molar-refractivity contribution in [2.24, 2.45) is 0 Å². The SMILES string of the molecule is O=C(OC(=O)C(F)(F)F)OC1CCCCC1. The number of ether oxygens (including phenoxy) is 2. The lowest BCUT2D eigenvalue weighted by Crippen LogP contribution is -2.30. The monoisotopic (exact) mass is 240 g/mol. The smallest absolute Gasteiger partial charge is 0.431 e. The highest BCUT2D eigenvalue weighted by Gasteiger charge is 2.43. The van der Waals surface area contributed by atoms with Crippen LogP contribution < -0.4 is 0 Å². The topological polar surface area (TPSA) is 52.6 Å². The van der Waals surface area contributed by atoms with E-state index < -0.39 is 24.4 Å². The molecule has 1 fully saturated rings. The average Bonchev–Trinajstić information content (AvgIpc) is 2.17. The number of hydrogen-bond acceptors (Lipinski definition) is 4. The highest BCUT2D eigenvalue weighted by Crippen LogP contribution is 2.21. The highest BCUT2D eigenvalue weighted by atomic mass is 19.4. The summed E-state index contributed by atoms with van der Waals surface area (Å²) < 4.78 is 43.2. The van der Waals surface area contributed by atoms with Gasteiger partial charge in [0, 0.05) is 0 Å². The predicted octanol–water partition coefficient (Wildman–Crippen LogP) is 2.56. The van der Waals surface area contributed by atoms with E-state index >= 15 is 0 Å². The Kier molecular flexibility index (Phi) is 4.14. The first-order valence-corrected chi connectivity index (χ1v) is 4.89. The molecule has 0 amide bonds. The Bertz CT molecular complexity index is 268. The fourth-order valence-electron chi connectivity index (χ4n) is 1.48. The second-order valence-electron chi connectivity index (χ2n) is 3.52. The summed E-state index contributed by atoms with van der Waals surface area (Å²) in [6.07, 6.45) is -3.29. The highest BCUT2D eigenvalue weighted by molar-refractivity contribution is 5.85. The number of carbonyl (C=O) groups is 2. The lowest BCUT2D eigenvalue weighted by atomic mass is 9.98. The maximum Gasteiger partial charge on any atom is 0.516 e. The maximum absolute atomic E-state index is 11.7. The summed E-state index contributed by atoms with van der Waals surface area (Å²) in [7, 11) is 0. The zero-order chi connectivity index (χ0) is 12.2. The van der Waals surface area contributed by atoms with Crippen molar-refractivity contribution in [3.8, 4) is 0 Å². The van der Waals surface area contributed by atoms with Crippen LogP contribution in [0.2, 0.25) is 0 Å². The van der Waals surface area contributed by atoms with Crippen LogP contribution in [0.1, 0.15) is 32.1 Å². The first-order valence-electron chi connectivity index (χ1n) is 4.89. The molecule has 7 heteroatoms. The van der Waals surface area contributed by atoms with Crippen molar-refractivity contribution in [1.29, 1.82) is 0 Å². The third-order valence-electron chi connectivity index (χ3n) is 2.22. The van der Waals surface area contributed by atoms with Crippen molar-refractivity contribution in [2.75, 3.05) is 0 Å². The summed E-state index contributed by atoms with van der Waals surface area (Å²) in [4.78, 5) is 21.1. The number of esters is 1. The molecule has 1 saturated carbocycles. The molecule has 0 aromatic carbocycles. The second kappa shape index (κ2) is 5.18. The molecule has 16 heavy (non-hydrogen) atoms. The summed E-state index contributed by atoms with van der Waals surface area (Å²) in [5, 5.41) is 0. The molecule has 4 nitrogen and oxygen atoms in total. The summed E-state index contributed by atoms with van der Waals surface area (Å²) in [5.74, 6) is -2.55. The zero-order valence-electron chi connectivity index (χ0n) is 8.38. The van der Waals surface area contributed by atoms with E-state index in [0.717, 1.165) is 19.3 Å². The van der Waals surface area contributed by atoms with Gasteiger partial charge in [-0.1, -0.05) is 6.42 Å². The summed E-state index contributed by atoms with van der Waals surface area (Å²) in [6.45, 7) is 0. The van der Waals surface area contributed by atoms with Crippen molar-refractivity contribution >= 4 is 12.1 Å². The number of carbonyl (C=O) groups excluding carboxylic acids is 2. The van der Waals surface area contributed by atoms with Crippen LogP contribution >= 0.6 is 0 Å². The molecule has 0 aromatic heterocycles. The number of halogens is 3. The predicted molar refractivity (Wildman–Crippen MR) is 45.5 cm³/mol. The fraction of sp³-hybridized carbons (Fsp3) is 0.778. The summed E-state index contributed by atoms with van der Waals surface area (Å²) in [6, 6.07) is 0. The van der Waals surface area contributed by atoms with Crippen LogP contribution in [0.15, 0.2) is 0 Å². The Morgan fingerprint density at radius 1 is 1.06 bits per heavy atom. The van der Waals surface area contributed by atoms with Crippen molar-refractivity contribution in [2.45, 2.75) is 44.4 Å². The quantitative estimate of drug-likeness (QED) is 0.522. The van der Waals surface area contributed by atoms with Crippen LogP contribution in [0.25, 0.3) is 0 Å². The molecule has 1 aliphatic carbocycles. The first-order chi connectivity index (χ1) is 7.39. The van der Waals surface area contributed by atoms with Crippen LogP contribution in [-0.2, 0) is 14.3 Å². The molecule has 1 aliphatic rings. The maximum atomic E-state index is 11.7. The molecule has 0 radical (unpaired) electrons. The second-order valence-corrected chi connectivity index (χ2v) is 3.52. The van der Waals surface area contributed by atoms with Gasteiger partial charge in [0.05, 0.1) is 0 Å². The van der Waals surface area contributed by atoms with Crippen molar-refractivity contribution in [3.05, 3.63) is 0 Å². The molecule has 0 heterocycles. The van der Waals surface area contributed by atoms with Gasteiger partial charge in [0.25, 0.3) is 0 Å². The largest absolute Gasteiger partial charge is 0.516 e. The van der Waals surface area contributed by atoms with E-state index in [1.165, 1.54) is 0 Å². The molecule has 1 rings (SSSR count). The average molecular weight is 240 g/mol. The summed E-state index contributed by atoms with van der Waals surface area (Å²) >= 11 is 0. The first kappa shape index (κ1) is 12.8. The van der Waals surface area contributed by atoms with E-state index in [1.54, 1.807) is 0 Å². The van der Waals surface area contributed by atoms with Crippen LogP contribution in [0.4, 0.5) is 18.0 Å². The molecule has 0 aliphatic heterocycles. The fourth-order valence-corrected chi connectivity index (χ4v) is 1.48. The Hall–Kier alpha value is -1.27. The molecular formula is C9H11F3O4. The van der Waals surface area contributed by atoms with Crippen molar-refractivity contribution in [3.63, 3.8) is 0 Å². The van der Waals surface area contributed by atoms with Gasteiger partial charge in [0.2, 0.25) is 0 Å². The molecule has 0 unspecified atom stereocenters. The lowest BCUT2D eigenvalue weighted by molar-refractivity contribution is -0.195. The van der Waals surface area contributed by atoms with Crippen LogP contribution in [-0.4, -0.2) is 24.4 Å². The Balaban J connectivity index is 2.32. The minimum absolute atomic E-state index is 0.442. The molecular weight excluding hydrogens is 229 g/mol. The number of hydrogen-bond donors (Lipinski definition) is 0. The Labute approximate surface area is 89.7 Å². The van der Waals surface area contributed by atoms with E-state index in [1.807, 2.05) is 0 Å². The number of rotatable bonds is 1. The number of alkyl halides is 3. The van der Waals surface area contributed by atoms with E-state index in [9.17, 15) is 22.8 Å². The third kappa shape index (κ3) is 4.08. The van der Waals surface area contributed by atoms with Gasteiger partial charge in [-0.3, -0.25) is 0 Å². The third-order valence-corrected chi connectivity index (χ3v) is 2.22. The van der Waals surface area contributed by atoms with Crippen LogP contribution in [0.5, 0.6) is 0 Å². The van der Waals surface area contributed by atoms with Gasteiger partial charge in [0.15, 0.2) is 0 Å². The van der Waals surface area contributed by atoms with Gasteiger partial charge < -0.3 is 9.47 Å². The van der Waals surface area contributed by atoms with E-state index in [-0.39, 0.29) is 0 Å². The van der Waals surface area contributed by atoms with Crippen molar-refractivity contribution < 1.29 is 32.2 Å². The van der Waals surface area contributed by atoms with Gasteiger partial charge >= 0.3 is 18.3 Å². The van der Waals surface area contributed by atoms with E-state index in [4.69, 9.17) is 0 Å².